The van der Waals surface area contributed by atoms with Crippen molar-refractivity contribution in [2.24, 2.45) is 0 Å². The lowest BCUT2D eigenvalue weighted by molar-refractivity contribution is -0.116. The molecular formula is C15H17N3O3S. The van der Waals surface area contributed by atoms with Crippen LogP contribution in [-0.4, -0.2) is 23.5 Å². The molecule has 2 aromatic rings. The van der Waals surface area contributed by atoms with Gasteiger partial charge in [-0.1, -0.05) is 30.3 Å². The molecule has 1 aromatic carbocycles. The molecular weight excluding hydrogens is 302 g/mol. The van der Waals surface area contributed by atoms with Crippen molar-refractivity contribution in [3.8, 4) is 0 Å². The smallest absolute Gasteiger partial charge is 0.407 e. The van der Waals surface area contributed by atoms with Crippen LogP contribution in [0.15, 0.2) is 41.9 Å². The van der Waals surface area contributed by atoms with Crippen LogP contribution < -0.4 is 10.6 Å². The zero-order valence-corrected chi connectivity index (χ0v) is 12.8. The van der Waals surface area contributed by atoms with Crippen LogP contribution in [0, 0.1) is 0 Å². The van der Waals surface area contributed by atoms with Crippen molar-refractivity contribution in [2.45, 2.75) is 19.4 Å². The molecule has 1 aromatic heterocycles. The number of nitrogens with one attached hydrogen (secondary N) is 2. The van der Waals surface area contributed by atoms with Crippen molar-refractivity contribution in [3.63, 3.8) is 0 Å². The zero-order valence-electron chi connectivity index (χ0n) is 12.0. The summed E-state index contributed by atoms with van der Waals surface area (Å²) >= 11 is 1.37. The van der Waals surface area contributed by atoms with Gasteiger partial charge in [-0.2, -0.15) is 0 Å². The summed E-state index contributed by atoms with van der Waals surface area (Å²) in [5.74, 6) is -0.116. The molecule has 0 bridgehead atoms. The predicted octanol–water partition coefficient (Wildman–Crippen LogP) is 2.79. The molecule has 0 spiro atoms. The third-order valence-corrected chi connectivity index (χ3v) is 3.43. The largest absolute Gasteiger partial charge is 0.445 e. The number of nitrogens with zero attached hydrogens (tertiary/aromatic N) is 1. The minimum Gasteiger partial charge on any atom is -0.445 e. The highest BCUT2D eigenvalue weighted by molar-refractivity contribution is 7.13. The first-order valence-electron chi connectivity index (χ1n) is 6.88. The Balaban J connectivity index is 1.54. The van der Waals surface area contributed by atoms with Gasteiger partial charge in [0.25, 0.3) is 0 Å². The number of rotatable bonds is 7. The number of benzene rings is 1. The highest BCUT2D eigenvalue weighted by Gasteiger charge is 2.05. The van der Waals surface area contributed by atoms with E-state index in [1.807, 2.05) is 30.3 Å². The average Bonchev–Trinajstić information content (AvgIpc) is 3.03. The van der Waals surface area contributed by atoms with Crippen LogP contribution in [0.5, 0.6) is 0 Å². The maximum absolute atomic E-state index is 11.6. The molecule has 116 valence electrons. The number of hydrogen-bond acceptors (Lipinski definition) is 5. The van der Waals surface area contributed by atoms with E-state index in [0.717, 1.165) is 5.56 Å². The van der Waals surface area contributed by atoms with E-state index in [-0.39, 0.29) is 12.5 Å². The molecule has 2 rings (SSSR count). The summed E-state index contributed by atoms with van der Waals surface area (Å²) in [6, 6.07) is 9.45. The highest BCUT2D eigenvalue weighted by Crippen LogP contribution is 2.10. The topological polar surface area (TPSA) is 80.3 Å². The van der Waals surface area contributed by atoms with E-state index in [1.54, 1.807) is 11.6 Å². The minimum atomic E-state index is -0.482. The van der Waals surface area contributed by atoms with Crippen LogP contribution in [0.25, 0.3) is 0 Å². The normalized spacial score (nSPS) is 10.0. The van der Waals surface area contributed by atoms with Gasteiger partial charge in [0.15, 0.2) is 5.13 Å². The molecule has 0 saturated heterocycles. The van der Waals surface area contributed by atoms with Crippen LogP contribution in [0.3, 0.4) is 0 Å². The van der Waals surface area contributed by atoms with Gasteiger partial charge in [-0.25, -0.2) is 9.78 Å². The number of carbonyl (C=O) groups is 2. The van der Waals surface area contributed by atoms with E-state index in [9.17, 15) is 9.59 Å². The minimum absolute atomic E-state index is 0.116. The maximum atomic E-state index is 11.6. The molecule has 22 heavy (non-hydrogen) atoms. The molecule has 0 atom stereocenters. The number of hydrogen-bond donors (Lipinski definition) is 2. The predicted molar refractivity (Wildman–Crippen MR) is 84.6 cm³/mol. The molecule has 0 aliphatic rings. The van der Waals surface area contributed by atoms with Crippen molar-refractivity contribution >= 4 is 28.5 Å². The van der Waals surface area contributed by atoms with Gasteiger partial charge in [-0.3, -0.25) is 4.79 Å². The fourth-order valence-corrected chi connectivity index (χ4v) is 2.23. The second-order valence-corrected chi connectivity index (χ2v) is 5.37. The molecule has 0 fully saturated rings. The lowest BCUT2D eigenvalue weighted by atomic mass is 10.2. The maximum Gasteiger partial charge on any atom is 0.407 e. The first kappa shape index (κ1) is 16.0. The summed E-state index contributed by atoms with van der Waals surface area (Å²) in [4.78, 5) is 27.0. The first-order chi connectivity index (χ1) is 10.7. The number of alkyl carbamates (subject to hydrolysis) is 1. The van der Waals surface area contributed by atoms with E-state index >= 15 is 0 Å². The van der Waals surface area contributed by atoms with Gasteiger partial charge in [0.2, 0.25) is 5.91 Å². The van der Waals surface area contributed by atoms with Gasteiger partial charge >= 0.3 is 6.09 Å². The van der Waals surface area contributed by atoms with Gasteiger partial charge in [0.05, 0.1) is 0 Å². The highest BCUT2D eigenvalue weighted by atomic mass is 32.1. The third-order valence-electron chi connectivity index (χ3n) is 2.74. The zero-order chi connectivity index (χ0) is 15.6. The number of carbonyl (C=O) groups excluding carboxylic acids is 2. The summed E-state index contributed by atoms with van der Waals surface area (Å²) in [6.45, 7) is 0.621. The number of aromatic nitrogens is 1. The average molecular weight is 319 g/mol. The summed E-state index contributed by atoms with van der Waals surface area (Å²) in [6.07, 6.45) is 2.00. The Morgan fingerprint density at radius 2 is 2.05 bits per heavy atom. The van der Waals surface area contributed by atoms with Crippen molar-refractivity contribution < 1.29 is 14.3 Å². The lowest BCUT2D eigenvalue weighted by Crippen LogP contribution is -2.26. The SMILES string of the molecule is O=C(CCCNC(=O)OCc1ccccc1)Nc1nccs1. The second-order valence-electron chi connectivity index (χ2n) is 4.48. The van der Waals surface area contributed by atoms with Crippen LogP contribution >= 0.6 is 11.3 Å². The van der Waals surface area contributed by atoms with Gasteiger partial charge in [-0.15, -0.1) is 11.3 Å². The summed E-state index contributed by atoms with van der Waals surface area (Å²) in [7, 11) is 0. The van der Waals surface area contributed by atoms with Crippen molar-refractivity contribution in [1.29, 1.82) is 0 Å². The first-order valence-corrected chi connectivity index (χ1v) is 7.76. The Morgan fingerprint density at radius 3 is 2.77 bits per heavy atom. The van der Waals surface area contributed by atoms with Crippen molar-refractivity contribution in [2.75, 3.05) is 11.9 Å². The number of ether oxygens (including phenoxy) is 1. The summed E-state index contributed by atoms with van der Waals surface area (Å²) in [5, 5.41) is 7.67. The fraction of sp³-hybridized carbons (Fsp3) is 0.267. The van der Waals surface area contributed by atoms with Gasteiger partial charge < -0.3 is 15.4 Å². The second kappa shape index (κ2) is 8.78. The van der Waals surface area contributed by atoms with E-state index in [1.165, 1.54) is 11.3 Å². The van der Waals surface area contributed by atoms with E-state index in [4.69, 9.17) is 4.74 Å². The Bertz CT molecular complexity index is 587. The molecule has 0 radical (unpaired) electrons. The van der Waals surface area contributed by atoms with Crippen LogP contribution in [0.2, 0.25) is 0 Å². The standard InChI is InChI=1S/C15H17N3O3S/c19-13(18-14-16-9-10-22-14)7-4-8-17-15(20)21-11-12-5-2-1-3-6-12/h1-3,5-6,9-10H,4,7-8,11H2,(H,17,20)(H,16,18,19). The molecule has 1 heterocycles. The van der Waals surface area contributed by atoms with Crippen LogP contribution in [-0.2, 0) is 16.1 Å². The molecule has 0 aliphatic heterocycles. The number of thiazole rings is 1. The number of amides is 2. The van der Waals surface area contributed by atoms with E-state index < -0.39 is 6.09 Å². The van der Waals surface area contributed by atoms with Crippen molar-refractivity contribution in [1.82, 2.24) is 10.3 Å². The Labute approximate surface area is 132 Å². The molecule has 2 amide bonds. The van der Waals surface area contributed by atoms with Crippen LogP contribution in [0.1, 0.15) is 18.4 Å². The van der Waals surface area contributed by atoms with E-state index in [0.29, 0.717) is 24.5 Å². The van der Waals surface area contributed by atoms with Gasteiger partial charge in [0.1, 0.15) is 6.61 Å². The lowest BCUT2D eigenvalue weighted by Gasteiger charge is -2.07. The molecule has 6 nitrogen and oxygen atoms in total. The Kier molecular flexibility index (Phi) is 6.38. The van der Waals surface area contributed by atoms with E-state index in [2.05, 4.69) is 15.6 Å². The molecule has 0 aliphatic carbocycles. The third kappa shape index (κ3) is 5.92. The molecule has 0 unspecified atom stereocenters. The molecule has 2 N–H and O–H groups in total. The van der Waals surface area contributed by atoms with Crippen molar-refractivity contribution in [3.05, 3.63) is 47.5 Å². The fourth-order valence-electron chi connectivity index (χ4n) is 1.68. The number of anilines is 1. The Hall–Kier alpha value is -2.41. The van der Waals surface area contributed by atoms with Crippen LogP contribution in [0.4, 0.5) is 9.93 Å². The van der Waals surface area contributed by atoms with Gasteiger partial charge in [0, 0.05) is 24.5 Å². The monoisotopic (exact) mass is 319 g/mol. The molecule has 0 saturated carbocycles. The quantitative estimate of drug-likeness (QED) is 0.769. The summed E-state index contributed by atoms with van der Waals surface area (Å²) < 4.78 is 5.06. The summed E-state index contributed by atoms with van der Waals surface area (Å²) in [5.41, 5.74) is 0.931. The Morgan fingerprint density at radius 1 is 1.23 bits per heavy atom. The van der Waals surface area contributed by atoms with Gasteiger partial charge in [-0.05, 0) is 12.0 Å². The molecule has 7 heteroatoms.